The van der Waals surface area contributed by atoms with Crippen LogP contribution in [0.25, 0.3) is 5.69 Å². The monoisotopic (exact) mass is 296 g/mol. The predicted molar refractivity (Wildman–Crippen MR) is 77.1 cm³/mol. The standard InChI is InChI=1S/C15H12N4O3/c1-21-13-4-2-3-5-14(13)22-15(20)11-6-8-12(9-7-11)19-10-16-17-18-19/h2-10H,1H3. The van der Waals surface area contributed by atoms with Crippen molar-refractivity contribution in [3.8, 4) is 17.2 Å². The molecular weight excluding hydrogens is 284 g/mol. The molecule has 110 valence electrons. The van der Waals surface area contributed by atoms with Crippen LogP contribution in [0.3, 0.4) is 0 Å². The van der Waals surface area contributed by atoms with Crippen molar-refractivity contribution >= 4 is 5.97 Å². The van der Waals surface area contributed by atoms with Crippen LogP contribution in [0, 0.1) is 0 Å². The lowest BCUT2D eigenvalue weighted by Gasteiger charge is -2.09. The van der Waals surface area contributed by atoms with Crippen molar-refractivity contribution in [1.82, 2.24) is 20.2 Å². The Hall–Kier alpha value is -3.22. The van der Waals surface area contributed by atoms with Crippen LogP contribution in [-0.4, -0.2) is 33.3 Å². The highest BCUT2D eigenvalue weighted by molar-refractivity contribution is 5.91. The zero-order valence-electron chi connectivity index (χ0n) is 11.7. The fourth-order valence-electron chi connectivity index (χ4n) is 1.89. The first-order chi connectivity index (χ1) is 10.8. The van der Waals surface area contributed by atoms with Gasteiger partial charge in [-0.15, -0.1) is 5.10 Å². The van der Waals surface area contributed by atoms with E-state index in [1.807, 2.05) is 0 Å². The lowest BCUT2D eigenvalue weighted by molar-refractivity contribution is 0.0730. The average Bonchev–Trinajstić information content (AvgIpc) is 3.10. The third-order valence-electron chi connectivity index (χ3n) is 2.99. The predicted octanol–water partition coefficient (Wildman–Crippen LogP) is 1.89. The molecule has 2 aromatic carbocycles. The first-order valence-corrected chi connectivity index (χ1v) is 6.46. The van der Waals surface area contributed by atoms with Crippen LogP contribution >= 0.6 is 0 Å². The molecule has 3 rings (SSSR count). The van der Waals surface area contributed by atoms with Gasteiger partial charge in [-0.2, -0.15) is 0 Å². The summed E-state index contributed by atoms with van der Waals surface area (Å²) in [4.78, 5) is 12.2. The van der Waals surface area contributed by atoms with Gasteiger partial charge in [-0.3, -0.25) is 0 Å². The molecule has 3 aromatic rings. The van der Waals surface area contributed by atoms with E-state index < -0.39 is 5.97 Å². The largest absolute Gasteiger partial charge is 0.493 e. The van der Waals surface area contributed by atoms with Gasteiger partial charge in [0, 0.05) is 0 Å². The minimum Gasteiger partial charge on any atom is -0.493 e. The van der Waals surface area contributed by atoms with Gasteiger partial charge in [-0.25, -0.2) is 9.48 Å². The number of benzene rings is 2. The molecule has 0 bridgehead atoms. The van der Waals surface area contributed by atoms with Crippen molar-refractivity contribution in [2.45, 2.75) is 0 Å². The van der Waals surface area contributed by atoms with Crippen molar-refractivity contribution < 1.29 is 14.3 Å². The van der Waals surface area contributed by atoms with Crippen LogP contribution in [0.2, 0.25) is 0 Å². The van der Waals surface area contributed by atoms with E-state index in [1.165, 1.54) is 18.1 Å². The Morgan fingerprint density at radius 1 is 1.05 bits per heavy atom. The molecule has 0 aliphatic rings. The molecule has 7 nitrogen and oxygen atoms in total. The normalized spacial score (nSPS) is 10.2. The third-order valence-corrected chi connectivity index (χ3v) is 2.99. The fourth-order valence-corrected chi connectivity index (χ4v) is 1.89. The molecule has 0 aliphatic heterocycles. The van der Waals surface area contributed by atoms with E-state index in [1.54, 1.807) is 48.5 Å². The van der Waals surface area contributed by atoms with Gasteiger partial charge >= 0.3 is 5.97 Å². The van der Waals surface area contributed by atoms with E-state index in [2.05, 4.69) is 15.5 Å². The molecule has 1 aromatic heterocycles. The molecule has 0 unspecified atom stereocenters. The highest BCUT2D eigenvalue weighted by Crippen LogP contribution is 2.26. The molecule has 0 atom stereocenters. The number of methoxy groups -OCH3 is 1. The Bertz CT molecular complexity index is 770. The van der Waals surface area contributed by atoms with Gasteiger partial charge in [0.05, 0.1) is 18.4 Å². The maximum absolute atomic E-state index is 12.2. The van der Waals surface area contributed by atoms with Crippen molar-refractivity contribution in [3.05, 3.63) is 60.4 Å². The Morgan fingerprint density at radius 2 is 1.77 bits per heavy atom. The summed E-state index contributed by atoms with van der Waals surface area (Å²) >= 11 is 0. The molecule has 0 N–H and O–H groups in total. The number of nitrogens with zero attached hydrogens (tertiary/aromatic N) is 4. The lowest BCUT2D eigenvalue weighted by Crippen LogP contribution is -2.09. The number of esters is 1. The molecule has 0 radical (unpaired) electrons. The van der Waals surface area contributed by atoms with Crippen LogP contribution in [0.1, 0.15) is 10.4 Å². The molecule has 22 heavy (non-hydrogen) atoms. The second-order valence-electron chi connectivity index (χ2n) is 4.34. The minimum absolute atomic E-state index is 0.375. The summed E-state index contributed by atoms with van der Waals surface area (Å²) in [6.45, 7) is 0. The summed E-state index contributed by atoms with van der Waals surface area (Å²) < 4.78 is 12.0. The number of tetrazole rings is 1. The number of para-hydroxylation sites is 2. The highest BCUT2D eigenvalue weighted by Gasteiger charge is 2.12. The molecular formula is C15H12N4O3. The lowest BCUT2D eigenvalue weighted by atomic mass is 10.2. The van der Waals surface area contributed by atoms with Gasteiger partial charge < -0.3 is 9.47 Å². The molecule has 0 saturated carbocycles. The van der Waals surface area contributed by atoms with E-state index >= 15 is 0 Å². The van der Waals surface area contributed by atoms with Gasteiger partial charge in [0.25, 0.3) is 0 Å². The Kier molecular flexibility index (Phi) is 3.78. The summed E-state index contributed by atoms with van der Waals surface area (Å²) in [5, 5.41) is 10.9. The number of aromatic nitrogens is 4. The SMILES string of the molecule is COc1ccccc1OC(=O)c1ccc(-n2cnnn2)cc1. The molecule has 1 heterocycles. The topological polar surface area (TPSA) is 79.1 Å². The summed E-state index contributed by atoms with van der Waals surface area (Å²) in [5.74, 6) is 0.411. The van der Waals surface area contributed by atoms with E-state index in [-0.39, 0.29) is 0 Å². The third kappa shape index (κ3) is 2.78. The van der Waals surface area contributed by atoms with E-state index in [0.717, 1.165) is 5.69 Å². The highest BCUT2D eigenvalue weighted by atomic mass is 16.6. The molecule has 0 fully saturated rings. The molecule has 0 spiro atoms. The zero-order chi connectivity index (χ0) is 15.4. The first-order valence-electron chi connectivity index (χ1n) is 6.46. The Morgan fingerprint density at radius 3 is 2.41 bits per heavy atom. The van der Waals surface area contributed by atoms with E-state index in [4.69, 9.17) is 9.47 Å². The number of carbonyl (C=O) groups excluding carboxylic acids is 1. The number of carbonyl (C=O) groups is 1. The summed E-state index contributed by atoms with van der Waals surface area (Å²) in [6, 6.07) is 13.7. The zero-order valence-corrected chi connectivity index (χ0v) is 11.7. The van der Waals surface area contributed by atoms with Crippen LogP contribution in [0.15, 0.2) is 54.9 Å². The quantitative estimate of drug-likeness (QED) is 0.540. The summed E-state index contributed by atoms with van der Waals surface area (Å²) in [5.41, 5.74) is 1.17. The first kappa shape index (κ1) is 13.7. The molecule has 0 amide bonds. The van der Waals surface area contributed by atoms with Crippen molar-refractivity contribution in [3.63, 3.8) is 0 Å². The van der Waals surface area contributed by atoms with Gasteiger partial charge in [0.1, 0.15) is 6.33 Å². The number of rotatable bonds is 4. The number of ether oxygens (including phenoxy) is 2. The minimum atomic E-state index is -0.465. The molecule has 7 heteroatoms. The van der Waals surface area contributed by atoms with Crippen LogP contribution in [0.4, 0.5) is 0 Å². The van der Waals surface area contributed by atoms with E-state index in [0.29, 0.717) is 17.1 Å². The molecule has 0 aliphatic carbocycles. The van der Waals surface area contributed by atoms with Crippen LogP contribution in [-0.2, 0) is 0 Å². The van der Waals surface area contributed by atoms with Crippen molar-refractivity contribution in [2.24, 2.45) is 0 Å². The van der Waals surface area contributed by atoms with Gasteiger partial charge in [0.15, 0.2) is 11.5 Å². The van der Waals surface area contributed by atoms with Crippen molar-refractivity contribution in [2.75, 3.05) is 7.11 Å². The van der Waals surface area contributed by atoms with Gasteiger partial charge in [-0.1, -0.05) is 12.1 Å². The van der Waals surface area contributed by atoms with E-state index in [9.17, 15) is 4.79 Å². The average molecular weight is 296 g/mol. The number of hydrogen-bond donors (Lipinski definition) is 0. The maximum atomic E-state index is 12.2. The molecule has 0 saturated heterocycles. The second-order valence-corrected chi connectivity index (χ2v) is 4.34. The summed E-state index contributed by atoms with van der Waals surface area (Å²) in [7, 11) is 1.52. The van der Waals surface area contributed by atoms with Crippen LogP contribution < -0.4 is 9.47 Å². The van der Waals surface area contributed by atoms with Gasteiger partial charge in [0.2, 0.25) is 0 Å². The maximum Gasteiger partial charge on any atom is 0.343 e. The number of hydrogen-bond acceptors (Lipinski definition) is 6. The second kappa shape index (κ2) is 6.04. The Balaban J connectivity index is 1.78. The fraction of sp³-hybridized carbons (Fsp3) is 0.0667. The smallest absolute Gasteiger partial charge is 0.343 e. The van der Waals surface area contributed by atoms with Crippen LogP contribution in [0.5, 0.6) is 11.5 Å². The Labute approximate surface area is 126 Å². The summed E-state index contributed by atoms with van der Waals surface area (Å²) in [6.07, 6.45) is 1.47. The van der Waals surface area contributed by atoms with Crippen molar-refractivity contribution in [1.29, 1.82) is 0 Å². The van der Waals surface area contributed by atoms with Gasteiger partial charge in [-0.05, 0) is 46.8 Å².